The van der Waals surface area contributed by atoms with Gasteiger partial charge in [0.1, 0.15) is 6.61 Å². The van der Waals surface area contributed by atoms with Crippen LogP contribution < -0.4 is 11.1 Å². The Kier molecular flexibility index (Phi) is 3.34. The fraction of sp³-hybridized carbons (Fsp3) is 0.750. The topological polar surface area (TPSA) is 64.3 Å². The standard InChI is InChI=1S/C4H8N2O2.ClH/c5-3-1-6-4(7)8-2-3;/h3H,1-2,5H2,(H,6,7);1H/t3-;/m1./s1. The van der Waals surface area contributed by atoms with Gasteiger partial charge in [0.15, 0.2) is 0 Å². The molecule has 0 unspecified atom stereocenters. The predicted molar refractivity (Wildman–Crippen MR) is 34.6 cm³/mol. The molecule has 1 rings (SSSR count). The molecule has 54 valence electrons. The molecule has 1 aliphatic heterocycles. The predicted octanol–water partition coefficient (Wildman–Crippen LogP) is -0.525. The minimum atomic E-state index is -0.369. The van der Waals surface area contributed by atoms with E-state index in [9.17, 15) is 4.79 Å². The lowest BCUT2D eigenvalue weighted by Gasteiger charge is -2.18. The summed E-state index contributed by atoms with van der Waals surface area (Å²) in [5.41, 5.74) is 5.36. The molecular weight excluding hydrogens is 144 g/mol. The Hall–Kier alpha value is -0.480. The van der Waals surface area contributed by atoms with Crippen LogP contribution >= 0.6 is 12.4 Å². The molecule has 0 aliphatic carbocycles. The first-order chi connectivity index (χ1) is 3.79. The SMILES string of the molecule is Cl.N[C@@H]1CNC(=O)OC1. The van der Waals surface area contributed by atoms with E-state index >= 15 is 0 Å². The summed E-state index contributed by atoms with van der Waals surface area (Å²) in [6, 6.07) is -0.0345. The van der Waals surface area contributed by atoms with Crippen LogP contribution in [0.25, 0.3) is 0 Å². The van der Waals surface area contributed by atoms with E-state index in [1.165, 1.54) is 0 Å². The summed E-state index contributed by atoms with van der Waals surface area (Å²) < 4.78 is 4.52. The number of halogens is 1. The first-order valence-corrected chi connectivity index (χ1v) is 2.45. The molecular formula is C4H9ClN2O2. The quantitative estimate of drug-likeness (QED) is 0.491. The normalized spacial score (nSPS) is 25.4. The van der Waals surface area contributed by atoms with Gasteiger partial charge in [0.25, 0.3) is 0 Å². The number of hydrogen-bond donors (Lipinski definition) is 2. The van der Waals surface area contributed by atoms with E-state index in [4.69, 9.17) is 5.73 Å². The van der Waals surface area contributed by atoms with Crippen LogP contribution in [0.15, 0.2) is 0 Å². The van der Waals surface area contributed by atoms with Crippen molar-refractivity contribution in [1.29, 1.82) is 0 Å². The molecule has 1 saturated heterocycles. The van der Waals surface area contributed by atoms with Crippen molar-refractivity contribution in [2.24, 2.45) is 5.73 Å². The first kappa shape index (κ1) is 8.52. The zero-order chi connectivity index (χ0) is 5.98. The van der Waals surface area contributed by atoms with Crippen molar-refractivity contribution < 1.29 is 9.53 Å². The smallest absolute Gasteiger partial charge is 0.407 e. The Bertz CT molecular complexity index is 98.7. The zero-order valence-corrected chi connectivity index (χ0v) is 5.61. The van der Waals surface area contributed by atoms with Crippen molar-refractivity contribution in [2.45, 2.75) is 6.04 Å². The molecule has 0 aromatic carbocycles. The van der Waals surface area contributed by atoms with E-state index in [2.05, 4.69) is 10.1 Å². The molecule has 1 heterocycles. The average molecular weight is 153 g/mol. The molecule has 1 atom stereocenters. The number of hydrogen-bond acceptors (Lipinski definition) is 3. The fourth-order valence-corrected chi connectivity index (χ4v) is 0.507. The van der Waals surface area contributed by atoms with Gasteiger partial charge in [-0.25, -0.2) is 4.79 Å². The number of nitrogens with two attached hydrogens (primary N) is 1. The number of cyclic esters (lactones) is 1. The van der Waals surface area contributed by atoms with Crippen LogP contribution in [-0.2, 0) is 4.74 Å². The van der Waals surface area contributed by atoms with Gasteiger partial charge < -0.3 is 15.8 Å². The van der Waals surface area contributed by atoms with Gasteiger partial charge in [-0.15, -0.1) is 12.4 Å². The van der Waals surface area contributed by atoms with E-state index in [0.29, 0.717) is 13.2 Å². The Morgan fingerprint density at radius 3 is 2.78 bits per heavy atom. The second-order valence-electron chi connectivity index (χ2n) is 1.74. The number of rotatable bonds is 0. The van der Waals surface area contributed by atoms with Gasteiger partial charge in [-0.05, 0) is 0 Å². The summed E-state index contributed by atoms with van der Waals surface area (Å²) in [5.74, 6) is 0. The molecule has 0 radical (unpaired) electrons. The van der Waals surface area contributed by atoms with E-state index in [1.54, 1.807) is 0 Å². The minimum absolute atomic E-state index is 0. The van der Waals surface area contributed by atoms with Gasteiger partial charge in [0.2, 0.25) is 0 Å². The van der Waals surface area contributed by atoms with Crippen LogP contribution in [0.4, 0.5) is 4.79 Å². The van der Waals surface area contributed by atoms with Crippen molar-refractivity contribution in [2.75, 3.05) is 13.2 Å². The van der Waals surface area contributed by atoms with Crippen LogP contribution in [0.3, 0.4) is 0 Å². The maximum Gasteiger partial charge on any atom is 0.407 e. The molecule has 0 bridgehead atoms. The van der Waals surface area contributed by atoms with Crippen LogP contribution in [0.5, 0.6) is 0 Å². The van der Waals surface area contributed by atoms with Crippen LogP contribution in [0, 0.1) is 0 Å². The van der Waals surface area contributed by atoms with Crippen LogP contribution in [0.2, 0.25) is 0 Å². The number of ether oxygens (including phenoxy) is 1. The average Bonchev–Trinajstić information content (AvgIpc) is 1.77. The summed E-state index contributed by atoms with van der Waals surface area (Å²) in [6.45, 7) is 0.866. The summed E-state index contributed by atoms with van der Waals surface area (Å²) in [7, 11) is 0. The van der Waals surface area contributed by atoms with E-state index in [1.807, 2.05) is 0 Å². The van der Waals surface area contributed by atoms with Crippen molar-refractivity contribution in [3.63, 3.8) is 0 Å². The van der Waals surface area contributed by atoms with E-state index in [-0.39, 0.29) is 24.5 Å². The molecule has 1 fully saturated rings. The van der Waals surface area contributed by atoms with Crippen molar-refractivity contribution in [1.82, 2.24) is 5.32 Å². The third kappa shape index (κ3) is 2.53. The highest BCUT2D eigenvalue weighted by atomic mass is 35.5. The lowest BCUT2D eigenvalue weighted by atomic mass is 10.3. The fourth-order valence-electron chi connectivity index (χ4n) is 0.507. The number of amides is 1. The highest BCUT2D eigenvalue weighted by Crippen LogP contribution is 1.88. The Labute approximate surface area is 59.1 Å². The van der Waals surface area contributed by atoms with Crippen LogP contribution in [-0.4, -0.2) is 25.3 Å². The molecule has 0 aromatic rings. The third-order valence-corrected chi connectivity index (χ3v) is 0.937. The van der Waals surface area contributed by atoms with E-state index < -0.39 is 0 Å². The summed E-state index contributed by atoms with van der Waals surface area (Å²) in [5, 5.41) is 2.45. The summed E-state index contributed by atoms with van der Waals surface area (Å²) in [6.07, 6.45) is -0.369. The molecule has 1 aliphatic rings. The highest BCUT2D eigenvalue weighted by molar-refractivity contribution is 5.85. The maximum atomic E-state index is 10.2. The van der Waals surface area contributed by atoms with Crippen molar-refractivity contribution >= 4 is 18.5 Å². The molecule has 0 saturated carbocycles. The molecule has 1 amide bonds. The van der Waals surface area contributed by atoms with Crippen LogP contribution in [0.1, 0.15) is 0 Å². The van der Waals surface area contributed by atoms with Crippen molar-refractivity contribution in [3.8, 4) is 0 Å². The molecule has 0 spiro atoms. The first-order valence-electron chi connectivity index (χ1n) is 2.45. The van der Waals surface area contributed by atoms with Gasteiger partial charge in [0.05, 0.1) is 6.04 Å². The zero-order valence-electron chi connectivity index (χ0n) is 4.79. The lowest BCUT2D eigenvalue weighted by molar-refractivity contribution is 0.121. The molecule has 5 heteroatoms. The molecule has 4 nitrogen and oxygen atoms in total. The number of carbonyl (C=O) groups is 1. The highest BCUT2D eigenvalue weighted by Gasteiger charge is 2.13. The minimum Gasteiger partial charge on any atom is -0.448 e. The Balaban J connectivity index is 0.000000640. The largest absolute Gasteiger partial charge is 0.448 e. The Morgan fingerprint density at radius 1 is 1.78 bits per heavy atom. The summed E-state index contributed by atoms with van der Waals surface area (Å²) >= 11 is 0. The number of nitrogens with one attached hydrogen (secondary N) is 1. The second kappa shape index (κ2) is 3.53. The lowest BCUT2D eigenvalue weighted by Crippen LogP contribution is -2.46. The monoisotopic (exact) mass is 152 g/mol. The van der Waals surface area contributed by atoms with Gasteiger partial charge >= 0.3 is 6.09 Å². The van der Waals surface area contributed by atoms with E-state index in [0.717, 1.165) is 0 Å². The molecule has 0 aromatic heterocycles. The number of alkyl carbamates (subject to hydrolysis) is 1. The summed E-state index contributed by atoms with van der Waals surface area (Å²) in [4.78, 5) is 10.2. The van der Waals surface area contributed by atoms with Gasteiger partial charge in [-0.2, -0.15) is 0 Å². The van der Waals surface area contributed by atoms with Gasteiger partial charge in [0, 0.05) is 6.54 Å². The maximum absolute atomic E-state index is 10.2. The second-order valence-corrected chi connectivity index (χ2v) is 1.74. The van der Waals surface area contributed by atoms with Gasteiger partial charge in [-0.3, -0.25) is 0 Å². The van der Waals surface area contributed by atoms with Crippen molar-refractivity contribution in [3.05, 3.63) is 0 Å². The van der Waals surface area contributed by atoms with Gasteiger partial charge in [-0.1, -0.05) is 0 Å². The Morgan fingerprint density at radius 2 is 2.44 bits per heavy atom. The third-order valence-electron chi connectivity index (χ3n) is 0.937. The molecule has 3 N–H and O–H groups in total. The number of carbonyl (C=O) groups excluding carboxylic acids is 1. The molecule has 9 heavy (non-hydrogen) atoms.